The first-order valence-electron chi connectivity index (χ1n) is 9.70. The Balaban J connectivity index is 1.51. The Hall–Kier alpha value is -3.45. The molecule has 0 aliphatic rings. The zero-order valence-electron chi connectivity index (χ0n) is 16.6. The summed E-state index contributed by atoms with van der Waals surface area (Å²) in [6.07, 6.45) is 2.50. The molecule has 2 aromatic heterocycles. The average molecular weight is 420 g/mol. The summed E-state index contributed by atoms with van der Waals surface area (Å²) in [5.74, 6) is 0.779. The molecule has 0 unspecified atom stereocenters. The summed E-state index contributed by atoms with van der Waals surface area (Å²) >= 11 is 5.22. The number of fused-ring (bicyclic) bond motifs is 1. The first-order valence-corrected chi connectivity index (χ1v) is 10.1. The van der Waals surface area contributed by atoms with E-state index in [9.17, 15) is 4.79 Å². The van der Waals surface area contributed by atoms with Crippen LogP contribution in [0.1, 0.15) is 42.3 Å². The van der Waals surface area contributed by atoms with Gasteiger partial charge in [0.1, 0.15) is 5.52 Å². The Bertz CT molecular complexity index is 1200. The zero-order chi connectivity index (χ0) is 21.1. The highest BCUT2D eigenvalue weighted by Gasteiger charge is 2.13. The number of hydrogen-bond acceptors (Lipinski definition) is 5. The first kappa shape index (κ1) is 19.8. The third-order valence-corrected chi connectivity index (χ3v) is 5.14. The summed E-state index contributed by atoms with van der Waals surface area (Å²) in [5, 5.41) is 5.75. The van der Waals surface area contributed by atoms with E-state index >= 15 is 0 Å². The number of hydrogen-bond donors (Lipinski definition) is 2. The van der Waals surface area contributed by atoms with Gasteiger partial charge in [-0.25, -0.2) is 4.98 Å². The van der Waals surface area contributed by atoms with Gasteiger partial charge in [0, 0.05) is 11.3 Å². The van der Waals surface area contributed by atoms with Crippen molar-refractivity contribution >= 4 is 40.0 Å². The van der Waals surface area contributed by atoms with E-state index in [-0.39, 0.29) is 10.9 Å². The quantitative estimate of drug-likeness (QED) is 0.402. The summed E-state index contributed by atoms with van der Waals surface area (Å²) in [6, 6.07) is 16.8. The van der Waals surface area contributed by atoms with E-state index in [2.05, 4.69) is 41.6 Å². The third-order valence-electron chi connectivity index (χ3n) is 4.93. The Morgan fingerprint density at radius 1 is 1.17 bits per heavy atom. The van der Waals surface area contributed by atoms with E-state index in [1.54, 1.807) is 12.1 Å². The summed E-state index contributed by atoms with van der Waals surface area (Å²) in [4.78, 5) is 16.7. The van der Waals surface area contributed by atoms with Crippen LogP contribution in [-0.2, 0) is 0 Å². The Kier molecular flexibility index (Phi) is 5.63. The van der Waals surface area contributed by atoms with Crippen molar-refractivity contribution in [3.05, 3.63) is 72.2 Å². The van der Waals surface area contributed by atoms with Gasteiger partial charge >= 0.3 is 0 Å². The van der Waals surface area contributed by atoms with Crippen LogP contribution in [0.3, 0.4) is 0 Å². The molecule has 6 nitrogen and oxygen atoms in total. The van der Waals surface area contributed by atoms with Gasteiger partial charge in [0.15, 0.2) is 16.5 Å². The molecule has 0 aliphatic heterocycles. The largest absolute Gasteiger partial charge is 0.459 e. The number of amides is 1. The van der Waals surface area contributed by atoms with Crippen LogP contribution < -0.4 is 10.6 Å². The molecular weight excluding hydrogens is 398 g/mol. The van der Waals surface area contributed by atoms with Gasteiger partial charge in [-0.2, -0.15) is 0 Å². The van der Waals surface area contributed by atoms with E-state index in [0.29, 0.717) is 17.5 Å². The molecular formula is C23H21N3O3S. The van der Waals surface area contributed by atoms with Crippen molar-refractivity contribution in [1.29, 1.82) is 0 Å². The highest BCUT2D eigenvalue weighted by Crippen LogP contribution is 2.29. The van der Waals surface area contributed by atoms with Gasteiger partial charge in [-0.3, -0.25) is 10.1 Å². The van der Waals surface area contributed by atoms with Crippen molar-refractivity contribution in [1.82, 2.24) is 10.3 Å². The fourth-order valence-electron chi connectivity index (χ4n) is 3.07. The van der Waals surface area contributed by atoms with Gasteiger partial charge in [0.2, 0.25) is 5.89 Å². The number of benzene rings is 2. The molecule has 0 spiro atoms. The molecule has 152 valence electrons. The molecule has 4 rings (SSSR count). The van der Waals surface area contributed by atoms with Gasteiger partial charge in [-0.05, 0) is 72.6 Å². The zero-order valence-corrected chi connectivity index (χ0v) is 17.5. The topological polar surface area (TPSA) is 80.3 Å². The molecule has 30 heavy (non-hydrogen) atoms. The van der Waals surface area contributed by atoms with Crippen molar-refractivity contribution in [3.63, 3.8) is 0 Å². The van der Waals surface area contributed by atoms with E-state index in [1.807, 2.05) is 30.3 Å². The standard InChI is InChI=1S/C23H21N3O3S/c1-3-14(2)15-9-10-19-18(13-15)25-22(29-19)16-6-4-7-17(12-16)24-23(30)26-21(27)20-8-5-11-28-20/h4-14H,3H2,1-2H3,(H2,24,26,27,30)/t14-/m1/s1. The number of carbonyl (C=O) groups is 1. The van der Waals surface area contributed by atoms with Crippen molar-refractivity contribution in [3.8, 4) is 11.5 Å². The lowest BCUT2D eigenvalue weighted by Gasteiger charge is -2.09. The van der Waals surface area contributed by atoms with E-state index in [0.717, 1.165) is 23.1 Å². The molecule has 0 radical (unpaired) electrons. The first-order chi connectivity index (χ1) is 14.5. The predicted octanol–water partition coefficient (Wildman–Crippen LogP) is 5.73. The number of thiocarbonyl (C=S) groups is 1. The smallest absolute Gasteiger partial charge is 0.293 e. The van der Waals surface area contributed by atoms with Crippen LogP contribution in [0, 0.1) is 0 Å². The second-order valence-corrected chi connectivity index (χ2v) is 7.43. The highest BCUT2D eigenvalue weighted by molar-refractivity contribution is 7.80. The number of oxazole rings is 1. The lowest BCUT2D eigenvalue weighted by atomic mass is 9.98. The molecule has 1 amide bonds. The van der Waals surface area contributed by atoms with Gasteiger partial charge in [-0.1, -0.05) is 26.0 Å². The molecule has 0 aliphatic carbocycles. The lowest BCUT2D eigenvalue weighted by molar-refractivity contribution is 0.0950. The van der Waals surface area contributed by atoms with Crippen LogP contribution in [-0.4, -0.2) is 16.0 Å². The second kappa shape index (κ2) is 8.51. The second-order valence-electron chi connectivity index (χ2n) is 7.02. The van der Waals surface area contributed by atoms with Gasteiger partial charge < -0.3 is 14.2 Å². The molecule has 2 heterocycles. The molecule has 1 atom stereocenters. The van der Waals surface area contributed by atoms with Crippen molar-refractivity contribution in [2.24, 2.45) is 0 Å². The molecule has 0 fully saturated rings. The van der Waals surface area contributed by atoms with Crippen molar-refractivity contribution < 1.29 is 13.6 Å². The van der Waals surface area contributed by atoms with Crippen LogP contribution in [0.4, 0.5) is 5.69 Å². The van der Waals surface area contributed by atoms with Crippen LogP contribution in [0.5, 0.6) is 0 Å². The number of aromatic nitrogens is 1. The summed E-state index contributed by atoms with van der Waals surface area (Å²) in [7, 11) is 0. The summed E-state index contributed by atoms with van der Waals surface area (Å²) in [6.45, 7) is 4.37. The van der Waals surface area contributed by atoms with Crippen molar-refractivity contribution in [2.75, 3.05) is 5.32 Å². The monoisotopic (exact) mass is 419 g/mol. The molecule has 4 aromatic rings. The van der Waals surface area contributed by atoms with E-state index < -0.39 is 5.91 Å². The van der Waals surface area contributed by atoms with E-state index in [1.165, 1.54) is 11.8 Å². The minimum atomic E-state index is -0.412. The number of anilines is 1. The molecule has 7 heteroatoms. The van der Waals surface area contributed by atoms with Crippen LogP contribution in [0.2, 0.25) is 0 Å². The molecule has 0 saturated heterocycles. The van der Waals surface area contributed by atoms with Crippen LogP contribution in [0.15, 0.2) is 69.7 Å². The Morgan fingerprint density at radius 2 is 2.03 bits per heavy atom. The number of carbonyl (C=O) groups excluding carboxylic acids is 1. The maximum atomic E-state index is 12.0. The lowest BCUT2D eigenvalue weighted by Crippen LogP contribution is -2.33. The molecule has 0 saturated carbocycles. The van der Waals surface area contributed by atoms with E-state index in [4.69, 9.17) is 21.1 Å². The minimum absolute atomic E-state index is 0.171. The highest BCUT2D eigenvalue weighted by atomic mass is 32.1. The van der Waals surface area contributed by atoms with Crippen LogP contribution >= 0.6 is 12.2 Å². The number of furan rings is 1. The Labute approximate surface area is 179 Å². The van der Waals surface area contributed by atoms with Gasteiger partial charge in [0.05, 0.1) is 6.26 Å². The third kappa shape index (κ3) is 4.26. The molecule has 0 bridgehead atoms. The minimum Gasteiger partial charge on any atom is -0.459 e. The van der Waals surface area contributed by atoms with Crippen LogP contribution in [0.25, 0.3) is 22.6 Å². The maximum absolute atomic E-state index is 12.0. The predicted molar refractivity (Wildman–Crippen MR) is 121 cm³/mol. The van der Waals surface area contributed by atoms with Crippen molar-refractivity contribution in [2.45, 2.75) is 26.2 Å². The van der Waals surface area contributed by atoms with Gasteiger partial charge in [-0.15, -0.1) is 0 Å². The molecule has 2 aromatic carbocycles. The summed E-state index contributed by atoms with van der Waals surface area (Å²) in [5.41, 5.74) is 4.35. The number of rotatable bonds is 5. The van der Waals surface area contributed by atoms with Gasteiger partial charge in [0.25, 0.3) is 5.91 Å². The fourth-order valence-corrected chi connectivity index (χ4v) is 3.29. The Morgan fingerprint density at radius 3 is 2.80 bits per heavy atom. The summed E-state index contributed by atoms with van der Waals surface area (Å²) < 4.78 is 11.0. The maximum Gasteiger partial charge on any atom is 0.293 e. The normalized spacial score (nSPS) is 11.9. The molecule has 2 N–H and O–H groups in total. The number of nitrogens with zero attached hydrogens (tertiary/aromatic N) is 1. The average Bonchev–Trinajstić information content (AvgIpc) is 3.42. The fraction of sp³-hybridized carbons (Fsp3) is 0.174. The SMILES string of the molecule is CC[C@@H](C)c1ccc2oc(-c3cccc(NC(=S)NC(=O)c4ccco4)c3)nc2c1. The number of nitrogens with one attached hydrogen (secondary N) is 2.